The molecule has 0 aliphatic heterocycles. The zero-order chi connectivity index (χ0) is 18.6. The topological polar surface area (TPSA) is 97.0 Å². The molecule has 0 unspecified atom stereocenters. The van der Waals surface area contributed by atoms with Gasteiger partial charge in [-0.1, -0.05) is 0 Å². The number of benzene rings is 2. The quantitative estimate of drug-likeness (QED) is 0.483. The number of nitrogens with zero attached hydrogens (tertiary/aromatic N) is 2. The van der Waals surface area contributed by atoms with Gasteiger partial charge in [-0.05, 0) is 24.3 Å². The third kappa shape index (κ3) is 4.37. The van der Waals surface area contributed by atoms with Crippen LogP contribution in [0.4, 0.5) is 24.5 Å². The van der Waals surface area contributed by atoms with Gasteiger partial charge in [0, 0.05) is 11.6 Å². The van der Waals surface area contributed by atoms with E-state index in [9.17, 15) is 28.4 Å². The molecular weight excluding hydrogens is 343 g/mol. The molecule has 0 saturated carbocycles. The Morgan fingerprint density at radius 2 is 1.92 bits per heavy atom. The fourth-order valence-corrected chi connectivity index (χ4v) is 1.88. The number of nitro groups is 1. The lowest BCUT2D eigenvalue weighted by molar-refractivity contribution is -0.385. The first-order chi connectivity index (χ1) is 11.7. The van der Waals surface area contributed by atoms with Gasteiger partial charge < -0.3 is 9.84 Å². The average molecular weight is 355 g/mol. The van der Waals surface area contributed by atoms with Crippen LogP contribution < -0.4 is 10.2 Å². The molecule has 132 valence electrons. The van der Waals surface area contributed by atoms with Crippen LogP contribution in [0.15, 0.2) is 41.5 Å². The third-order valence-electron chi connectivity index (χ3n) is 3.13. The van der Waals surface area contributed by atoms with Crippen molar-refractivity contribution in [2.24, 2.45) is 5.10 Å². The molecule has 0 fully saturated rings. The Kier molecular flexibility index (Phi) is 5.11. The van der Waals surface area contributed by atoms with Crippen LogP contribution in [0, 0.1) is 10.1 Å². The second kappa shape index (κ2) is 7.07. The predicted molar refractivity (Wildman–Crippen MR) is 84.0 cm³/mol. The van der Waals surface area contributed by atoms with E-state index in [1.54, 1.807) is 0 Å². The van der Waals surface area contributed by atoms with Gasteiger partial charge in [0.2, 0.25) is 0 Å². The number of methoxy groups -OCH3 is 1. The number of rotatable bonds is 5. The normalized spacial score (nSPS) is 11.5. The molecule has 0 bridgehead atoms. The highest BCUT2D eigenvalue weighted by Crippen LogP contribution is 2.33. The SMILES string of the molecule is COc1cc([N+](=O)[O-])cc(C=NNc2ccc(C(F)(F)F)cc2)c1O. The van der Waals surface area contributed by atoms with E-state index >= 15 is 0 Å². The molecule has 0 amide bonds. The van der Waals surface area contributed by atoms with Crippen molar-refractivity contribution in [1.82, 2.24) is 0 Å². The van der Waals surface area contributed by atoms with Crippen molar-refractivity contribution in [3.63, 3.8) is 0 Å². The summed E-state index contributed by atoms with van der Waals surface area (Å²) in [5.41, 5.74) is 1.62. The summed E-state index contributed by atoms with van der Waals surface area (Å²) in [6.45, 7) is 0. The predicted octanol–water partition coefficient (Wildman–Crippen LogP) is 3.77. The summed E-state index contributed by atoms with van der Waals surface area (Å²) in [5.74, 6) is -0.462. The summed E-state index contributed by atoms with van der Waals surface area (Å²) in [7, 11) is 1.24. The average Bonchev–Trinajstić information content (AvgIpc) is 2.55. The number of nitrogens with one attached hydrogen (secondary N) is 1. The maximum absolute atomic E-state index is 12.5. The van der Waals surface area contributed by atoms with Crippen molar-refractivity contribution in [1.29, 1.82) is 0 Å². The molecule has 0 atom stereocenters. The van der Waals surface area contributed by atoms with Crippen LogP contribution in [0.25, 0.3) is 0 Å². The maximum atomic E-state index is 12.5. The minimum absolute atomic E-state index is 0.00506. The summed E-state index contributed by atoms with van der Waals surface area (Å²) in [6.07, 6.45) is -3.35. The number of hydrogen-bond acceptors (Lipinski definition) is 6. The standard InChI is InChI=1S/C15H12F3N3O4/c1-25-13-7-12(21(23)24)6-9(14(13)22)8-19-20-11-4-2-10(3-5-11)15(16,17)18/h2-8,20,22H,1H3. The van der Waals surface area contributed by atoms with Gasteiger partial charge >= 0.3 is 6.18 Å². The van der Waals surface area contributed by atoms with Gasteiger partial charge in [0.25, 0.3) is 5.69 Å². The van der Waals surface area contributed by atoms with Crippen LogP contribution in [0.5, 0.6) is 11.5 Å². The first kappa shape index (κ1) is 18.0. The largest absolute Gasteiger partial charge is 0.504 e. The van der Waals surface area contributed by atoms with Gasteiger partial charge in [-0.3, -0.25) is 15.5 Å². The highest BCUT2D eigenvalue weighted by Gasteiger charge is 2.29. The molecule has 2 rings (SSSR count). The van der Waals surface area contributed by atoms with Crippen molar-refractivity contribution < 1.29 is 27.9 Å². The Labute approximate surface area is 139 Å². The number of aromatic hydroxyl groups is 1. The Balaban J connectivity index is 2.19. The summed E-state index contributed by atoms with van der Waals surface area (Å²) in [6, 6.07) is 6.24. The minimum atomic E-state index is -4.44. The summed E-state index contributed by atoms with van der Waals surface area (Å²) >= 11 is 0. The van der Waals surface area contributed by atoms with Crippen molar-refractivity contribution in [3.05, 3.63) is 57.6 Å². The van der Waals surface area contributed by atoms with Crippen molar-refractivity contribution in [3.8, 4) is 11.5 Å². The van der Waals surface area contributed by atoms with Crippen molar-refractivity contribution >= 4 is 17.6 Å². The first-order valence-corrected chi connectivity index (χ1v) is 6.74. The number of hydrazone groups is 1. The molecule has 2 N–H and O–H groups in total. The molecule has 0 spiro atoms. The second-order valence-corrected chi connectivity index (χ2v) is 4.79. The molecule has 0 saturated heterocycles. The number of phenolic OH excluding ortho intramolecular Hbond substituents is 1. The number of halogens is 3. The van der Waals surface area contributed by atoms with Crippen molar-refractivity contribution in [2.45, 2.75) is 6.18 Å². The molecule has 0 aromatic heterocycles. The van der Waals surface area contributed by atoms with E-state index in [1.807, 2.05) is 0 Å². The van der Waals surface area contributed by atoms with Crippen LogP contribution in [0.3, 0.4) is 0 Å². The van der Waals surface area contributed by atoms with E-state index in [2.05, 4.69) is 10.5 Å². The summed E-state index contributed by atoms with van der Waals surface area (Å²) in [4.78, 5) is 10.2. The van der Waals surface area contributed by atoms with Crippen molar-refractivity contribution in [2.75, 3.05) is 12.5 Å². The van der Waals surface area contributed by atoms with E-state index in [4.69, 9.17) is 4.74 Å². The Morgan fingerprint density at radius 1 is 1.28 bits per heavy atom. The fraction of sp³-hybridized carbons (Fsp3) is 0.133. The molecule has 2 aromatic rings. The van der Waals surface area contributed by atoms with Crippen LogP contribution in [-0.2, 0) is 6.18 Å². The number of alkyl halides is 3. The van der Waals surface area contributed by atoms with E-state index < -0.39 is 16.7 Å². The molecule has 7 nitrogen and oxygen atoms in total. The Hall–Kier alpha value is -3.30. The number of phenols is 1. The molecule has 0 aliphatic rings. The van der Waals surface area contributed by atoms with E-state index in [0.717, 1.165) is 30.5 Å². The summed E-state index contributed by atoms with van der Waals surface area (Å²) < 4.78 is 42.2. The lowest BCUT2D eigenvalue weighted by Gasteiger charge is -2.07. The number of nitro benzene ring substituents is 1. The van der Waals surface area contributed by atoms with Gasteiger partial charge in [-0.15, -0.1) is 0 Å². The molecule has 0 aliphatic carbocycles. The van der Waals surface area contributed by atoms with Gasteiger partial charge in [0.05, 0.1) is 35.6 Å². The summed E-state index contributed by atoms with van der Waals surface area (Å²) in [5, 5.41) is 24.5. The van der Waals surface area contributed by atoms with Gasteiger partial charge in [-0.25, -0.2) is 0 Å². The highest BCUT2D eigenvalue weighted by atomic mass is 19.4. The van der Waals surface area contributed by atoms with Crippen LogP contribution in [0.2, 0.25) is 0 Å². The maximum Gasteiger partial charge on any atom is 0.416 e. The van der Waals surface area contributed by atoms with E-state index in [1.165, 1.54) is 19.2 Å². The van der Waals surface area contributed by atoms with Crippen LogP contribution in [-0.4, -0.2) is 23.4 Å². The monoisotopic (exact) mass is 355 g/mol. The number of anilines is 1. The molecular formula is C15H12F3N3O4. The second-order valence-electron chi connectivity index (χ2n) is 4.79. The van der Waals surface area contributed by atoms with Gasteiger partial charge in [0.1, 0.15) is 0 Å². The molecule has 10 heteroatoms. The van der Waals surface area contributed by atoms with Crippen LogP contribution >= 0.6 is 0 Å². The molecule has 2 aromatic carbocycles. The first-order valence-electron chi connectivity index (χ1n) is 6.74. The van der Waals surface area contributed by atoms with E-state index in [-0.39, 0.29) is 28.4 Å². The Bertz CT molecular complexity index is 805. The smallest absolute Gasteiger partial charge is 0.416 e. The Morgan fingerprint density at radius 3 is 2.44 bits per heavy atom. The molecule has 0 radical (unpaired) electrons. The number of non-ortho nitro benzene ring substituents is 1. The number of ether oxygens (including phenoxy) is 1. The van der Waals surface area contributed by atoms with Gasteiger partial charge in [-0.2, -0.15) is 18.3 Å². The van der Waals surface area contributed by atoms with Crippen LogP contribution in [0.1, 0.15) is 11.1 Å². The minimum Gasteiger partial charge on any atom is -0.504 e. The van der Waals surface area contributed by atoms with Gasteiger partial charge in [0.15, 0.2) is 11.5 Å². The lowest BCUT2D eigenvalue weighted by atomic mass is 10.1. The number of hydrogen-bond donors (Lipinski definition) is 2. The highest BCUT2D eigenvalue weighted by molar-refractivity contribution is 5.86. The lowest BCUT2D eigenvalue weighted by Crippen LogP contribution is -2.04. The zero-order valence-corrected chi connectivity index (χ0v) is 12.7. The molecule has 25 heavy (non-hydrogen) atoms. The fourth-order valence-electron chi connectivity index (χ4n) is 1.88. The van der Waals surface area contributed by atoms with E-state index in [0.29, 0.717) is 0 Å². The third-order valence-corrected chi connectivity index (χ3v) is 3.13. The zero-order valence-electron chi connectivity index (χ0n) is 12.7. The molecule has 0 heterocycles.